The molecular formula is C10H17NO2. The quantitative estimate of drug-likeness (QED) is 0.528. The van der Waals surface area contributed by atoms with Crippen LogP contribution >= 0.6 is 0 Å². The zero-order chi connectivity index (χ0) is 9.52. The molecule has 0 aromatic heterocycles. The van der Waals surface area contributed by atoms with Gasteiger partial charge in [0.15, 0.2) is 0 Å². The van der Waals surface area contributed by atoms with E-state index in [-0.39, 0.29) is 12.0 Å². The number of carbonyl (C=O) groups excluding carboxylic acids is 1. The molecule has 13 heavy (non-hydrogen) atoms. The van der Waals surface area contributed by atoms with Crippen LogP contribution in [0.2, 0.25) is 0 Å². The third-order valence-corrected chi connectivity index (χ3v) is 2.19. The normalized spacial score (nSPS) is 23.2. The fourth-order valence-electron chi connectivity index (χ4n) is 1.47. The van der Waals surface area contributed by atoms with Crippen molar-refractivity contribution in [3.8, 4) is 0 Å². The molecule has 1 saturated heterocycles. The maximum Gasteiger partial charge on any atom is 0.323 e. The molecule has 0 spiro atoms. The highest BCUT2D eigenvalue weighted by Crippen LogP contribution is 2.09. The van der Waals surface area contributed by atoms with Crippen molar-refractivity contribution in [2.24, 2.45) is 0 Å². The van der Waals surface area contributed by atoms with E-state index >= 15 is 0 Å². The Morgan fingerprint density at radius 3 is 3.15 bits per heavy atom. The van der Waals surface area contributed by atoms with Gasteiger partial charge in [-0.3, -0.25) is 4.79 Å². The summed E-state index contributed by atoms with van der Waals surface area (Å²) in [6, 6.07) is -0.0950. The SMILES string of the molecule is C=CCOC(=O)C1CCCCCN1. The summed E-state index contributed by atoms with van der Waals surface area (Å²) in [7, 11) is 0. The maximum atomic E-state index is 11.4. The fourth-order valence-corrected chi connectivity index (χ4v) is 1.47. The summed E-state index contributed by atoms with van der Waals surface area (Å²) in [5.41, 5.74) is 0. The Balaban J connectivity index is 2.30. The first kappa shape index (κ1) is 10.3. The van der Waals surface area contributed by atoms with Gasteiger partial charge in [0.25, 0.3) is 0 Å². The van der Waals surface area contributed by atoms with Crippen molar-refractivity contribution in [3.63, 3.8) is 0 Å². The fraction of sp³-hybridized carbons (Fsp3) is 0.700. The molecule has 3 nitrogen and oxygen atoms in total. The molecule has 1 fully saturated rings. The minimum Gasteiger partial charge on any atom is -0.460 e. The predicted molar refractivity (Wildman–Crippen MR) is 51.4 cm³/mol. The van der Waals surface area contributed by atoms with E-state index in [9.17, 15) is 4.79 Å². The van der Waals surface area contributed by atoms with Crippen LogP contribution in [0.1, 0.15) is 25.7 Å². The number of esters is 1. The smallest absolute Gasteiger partial charge is 0.323 e. The van der Waals surface area contributed by atoms with E-state index < -0.39 is 0 Å². The van der Waals surface area contributed by atoms with Gasteiger partial charge in [0, 0.05) is 0 Å². The molecule has 0 saturated carbocycles. The lowest BCUT2D eigenvalue weighted by Crippen LogP contribution is -2.37. The minimum absolute atomic E-state index is 0.0950. The predicted octanol–water partition coefficient (Wildman–Crippen LogP) is 1.25. The molecule has 1 aliphatic rings. The number of carbonyl (C=O) groups is 1. The summed E-state index contributed by atoms with van der Waals surface area (Å²) < 4.78 is 4.97. The number of ether oxygens (including phenoxy) is 1. The van der Waals surface area contributed by atoms with Gasteiger partial charge in [-0.05, 0) is 19.4 Å². The summed E-state index contributed by atoms with van der Waals surface area (Å²) >= 11 is 0. The van der Waals surface area contributed by atoms with Gasteiger partial charge in [0.05, 0.1) is 0 Å². The Bertz CT molecular complexity index is 172. The molecule has 0 aromatic carbocycles. The van der Waals surface area contributed by atoms with E-state index in [2.05, 4.69) is 11.9 Å². The van der Waals surface area contributed by atoms with Crippen LogP contribution in [-0.2, 0) is 9.53 Å². The first-order valence-electron chi connectivity index (χ1n) is 4.85. The van der Waals surface area contributed by atoms with E-state index in [0.717, 1.165) is 25.8 Å². The van der Waals surface area contributed by atoms with E-state index in [0.29, 0.717) is 6.61 Å². The molecule has 1 unspecified atom stereocenters. The molecule has 1 atom stereocenters. The minimum atomic E-state index is -0.137. The highest BCUT2D eigenvalue weighted by atomic mass is 16.5. The third kappa shape index (κ3) is 3.59. The summed E-state index contributed by atoms with van der Waals surface area (Å²) in [4.78, 5) is 11.4. The van der Waals surface area contributed by atoms with Gasteiger partial charge in [-0.1, -0.05) is 25.5 Å². The van der Waals surface area contributed by atoms with Gasteiger partial charge >= 0.3 is 5.97 Å². The van der Waals surface area contributed by atoms with Crippen LogP contribution in [0.15, 0.2) is 12.7 Å². The highest BCUT2D eigenvalue weighted by Gasteiger charge is 2.19. The Morgan fingerprint density at radius 2 is 2.38 bits per heavy atom. The Labute approximate surface area is 79.2 Å². The van der Waals surface area contributed by atoms with Crippen molar-refractivity contribution in [3.05, 3.63) is 12.7 Å². The lowest BCUT2D eigenvalue weighted by Gasteiger charge is -2.13. The Hall–Kier alpha value is -0.830. The Morgan fingerprint density at radius 1 is 1.54 bits per heavy atom. The van der Waals surface area contributed by atoms with Crippen LogP contribution in [0.5, 0.6) is 0 Å². The zero-order valence-corrected chi connectivity index (χ0v) is 7.92. The van der Waals surface area contributed by atoms with Crippen molar-refractivity contribution in [1.29, 1.82) is 0 Å². The molecule has 3 heteroatoms. The van der Waals surface area contributed by atoms with Crippen molar-refractivity contribution in [2.75, 3.05) is 13.2 Å². The zero-order valence-electron chi connectivity index (χ0n) is 7.92. The van der Waals surface area contributed by atoms with Crippen LogP contribution in [0.25, 0.3) is 0 Å². The van der Waals surface area contributed by atoms with E-state index in [1.165, 1.54) is 6.42 Å². The van der Waals surface area contributed by atoms with Gasteiger partial charge in [0.2, 0.25) is 0 Å². The standard InChI is InChI=1S/C10H17NO2/c1-2-8-13-10(12)9-6-4-3-5-7-11-9/h2,9,11H,1,3-8H2. The molecule has 1 aliphatic heterocycles. The van der Waals surface area contributed by atoms with Gasteiger partial charge in [-0.2, -0.15) is 0 Å². The number of hydrogen-bond donors (Lipinski definition) is 1. The van der Waals surface area contributed by atoms with Gasteiger partial charge in [-0.25, -0.2) is 0 Å². The van der Waals surface area contributed by atoms with Crippen LogP contribution < -0.4 is 5.32 Å². The highest BCUT2D eigenvalue weighted by molar-refractivity contribution is 5.75. The van der Waals surface area contributed by atoms with Crippen molar-refractivity contribution < 1.29 is 9.53 Å². The van der Waals surface area contributed by atoms with E-state index in [1.54, 1.807) is 6.08 Å². The number of rotatable bonds is 3. The van der Waals surface area contributed by atoms with Crippen molar-refractivity contribution in [2.45, 2.75) is 31.7 Å². The second-order valence-corrected chi connectivity index (χ2v) is 3.27. The average molecular weight is 183 g/mol. The molecule has 74 valence electrons. The molecule has 1 rings (SSSR count). The summed E-state index contributed by atoms with van der Waals surface area (Å²) in [5, 5.41) is 3.18. The van der Waals surface area contributed by atoms with Crippen LogP contribution in [0.4, 0.5) is 0 Å². The van der Waals surface area contributed by atoms with Crippen LogP contribution in [0.3, 0.4) is 0 Å². The molecule has 0 aliphatic carbocycles. The Kier molecular flexibility index (Phi) is 4.54. The molecule has 0 amide bonds. The second kappa shape index (κ2) is 5.75. The van der Waals surface area contributed by atoms with Crippen molar-refractivity contribution >= 4 is 5.97 Å². The lowest BCUT2D eigenvalue weighted by atomic mass is 10.1. The third-order valence-electron chi connectivity index (χ3n) is 2.19. The van der Waals surface area contributed by atoms with Gasteiger partial charge in [-0.15, -0.1) is 0 Å². The summed E-state index contributed by atoms with van der Waals surface area (Å²) in [6.07, 6.45) is 5.97. The largest absolute Gasteiger partial charge is 0.460 e. The van der Waals surface area contributed by atoms with Crippen LogP contribution in [0, 0.1) is 0 Å². The lowest BCUT2D eigenvalue weighted by molar-refractivity contribution is -0.145. The molecule has 1 heterocycles. The van der Waals surface area contributed by atoms with Crippen molar-refractivity contribution in [1.82, 2.24) is 5.32 Å². The first-order chi connectivity index (χ1) is 6.34. The monoisotopic (exact) mass is 183 g/mol. The molecular weight excluding hydrogens is 166 g/mol. The van der Waals surface area contributed by atoms with E-state index in [1.807, 2.05) is 0 Å². The molecule has 0 bridgehead atoms. The molecule has 0 radical (unpaired) electrons. The summed E-state index contributed by atoms with van der Waals surface area (Å²) in [6.45, 7) is 4.74. The molecule has 0 aromatic rings. The van der Waals surface area contributed by atoms with E-state index in [4.69, 9.17) is 4.74 Å². The maximum absolute atomic E-state index is 11.4. The number of hydrogen-bond acceptors (Lipinski definition) is 3. The van der Waals surface area contributed by atoms with Crippen LogP contribution in [-0.4, -0.2) is 25.2 Å². The molecule has 1 N–H and O–H groups in total. The first-order valence-corrected chi connectivity index (χ1v) is 4.85. The van der Waals surface area contributed by atoms with Gasteiger partial charge in [0.1, 0.15) is 12.6 Å². The second-order valence-electron chi connectivity index (χ2n) is 3.27. The summed E-state index contributed by atoms with van der Waals surface area (Å²) in [5.74, 6) is -0.137. The number of nitrogens with one attached hydrogen (secondary N) is 1. The van der Waals surface area contributed by atoms with Gasteiger partial charge < -0.3 is 10.1 Å². The average Bonchev–Trinajstić information content (AvgIpc) is 2.42. The topological polar surface area (TPSA) is 38.3 Å².